The van der Waals surface area contributed by atoms with Crippen molar-refractivity contribution in [2.75, 3.05) is 5.32 Å². The minimum atomic E-state index is -0.717. The molecular formula is C13H10BrCl2N3O2. The van der Waals surface area contributed by atoms with Gasteiger partial charge in [-0.15, -0.1) is 0 Å². The van der Waals surface area contributed by atoms with Crippen molar-refractivity contribution in [2.45, 2.75) is 13.5 Å². The molecule has 0 unspecified atom stereocenters. The SMILES string of the molecule is CC(=O)C(=O)Nc1nn(Cc2ccc(Cl)cc2Cl)cc1Br. The van der Waals surface area contributed by atoms with Crippen LogP contribution in [0.3, 0.4) is 0 Å². The van der Waals surface area contributed by atoms with E-state index in [4.69, 9.17) is 23.2 Å². The first-order valence-corrected chi connectivity index (χ1v) is 7.40. The van der Waals surface area contributed by atoms with Gasteiger partial charge in [0, 0.05) is 23.2 Å². The van der Waals surface area contributed by atoms with Gasteiger partial charge in [0.05, 0.1) is 11.0 Å². The molecule has 5 nitrogen and oxygen atoms in total. The molecule has 0 spiro atoms. The van der Waals surface area contributed by atoms with Crippen molar-refractivity contribution in [1.29, 1.82) is 0 Å². The molecule has 0 saturated carbocycles. The van der Waals surface area contributed by atoms with Crippen molar-refractivity contribution in [3.05, 3.63) is 44.5 Å². The third-order valence-corrected chi connectivity index (χ3v) is 3.78. The predicted octanol–water partition coefficient (Wildman–Crippen LogP) is 3.53. The van der Waals surface area contributed by atoms with E-state index in [1.165, 1.54) is 6.92 Å². The average Bonchev–Trinajstić information content (AvgIpc) is 2.73. The fourth-order valence-electron chi connectivity index (χ4n) is 1.58. The van der Waals surface area contributed by atoms with Gasteiger partial charge in [-0.1, -0.05) is 29.3 Å². The molecule has 0 saturated heterocycles. The summed E-state index contributed by atoms with van der Waals surface area (Å²) < 4.78 is 2.16. The molecule has 0 aliphatic rings. The van der Waals surface area contributed by atoms with E-state index < -0.39 is 11.7 Å². The van der Waals surface area contributed by atoms with E-state index in [1.54, 1.807) is 29.1 Å². The van der Waals surface area contributed by atoms with Crippen LogP contribution in [-0.4, -0.2) is 21.5 Å². The highest BCUT2D eigenvalue weighted by atomic mass is 79.9. The van der Waals surface area contributed by atoms with Crippen molar-refractivity contribution in [2.24, 2.45) is 0 Å². The minimum absolute atomic E-state index is 0.278. The zero-order valence-electron chi connectivity index (χ0n) is 10.9. The molecule has 1 amide bonds. The molecule has 0 bridgehead atoms. The van der Waals surface area contributed by atoms with Crippen molar-refractivity contribution in [1.82, 2.24) is 9.78 Å². The summed E-state index contributed by atoms with van der Waals surface area (Å²) >= 11 is 15.2. The molecular weight excluding hydrogens is 381 g/mol. The lowest BCUT2D eigenvalue weighted by Crippen LogP contribution is -2.20. The van der Waals surface area contributed by atoms with Gasteiger partial charge in [0.15, 0.2) is 5.82 Å². The van der Waals surface area contributed by atoms with Crippen LogP contribution in [0.25, 0.3) is 0 Å². The number of aromatic nitrogens is 2. The summed E-state index contributed by atoms with van der Waals surface area (Å²) in [7, 11) is 0. The second-order valence-electron chi connectivity index (χ2n) is 4.27. The van der Waals surface area contributed by atoms with Crippen molar-refractivity contribution >= 4 is 56.6 Å². The van der Waals surface area contributed by atoms with Crippen LogP contribution in [0.5, 0.6) is 0 Å². The number of carbonyl (C=O) groups is 2. The number of nitrogens with zero attached hydrogens (tertiary/aromatic N) is 2. The van der Waals surface area contributed by atoms with E-state index in [0.717, 1.165) is 5.56 Å². The number of hydrogen-bond acceptors (Lipinski definition) is 3. The van der Waals surface area contributed by atoms with Gasteiger partial charge < -0.3 is 5.32 Å². The number of hydrogen-bond donors (Lipinski definition) is 1. The molecule has 1 N–H and O–H groups in total. The molecule has 1 heterocycles. The first-order chi connectivity index (χ1) is 9.86. The predicted molar refractivity (Wildman–Crippen MR) is 84.8 cm³/mol. The third-order valence-electron chi connectivity index (χ3n) is 2.62. The van der Waals surface area contributed by atoms with Gasteiger partial charge in [0.1, 0.15) is 0 Å². The molecule has 21 heavy (non-hydrogen) atoms. The van der Waals surface area contributed by atoms with Crippen LogP contribution in [0.1, 0.15) is 12.5 Å². The Morgan fingerprint density at radius 2 is 2.10 bits per heavy atom. The summed E-state index contributed by atoms with van der Waals surface area (Å²) in [5.41, 5.74) is 0.834. The largest absolute Gasteiger partial charge is 0.302 e. The van der Waals surface area contributed by atoms with Crippen LogP contribution >= 0.6 is 39.1 Å². The number of rotatable bonds is 4. The van der Waals surface area contributed by atoms with E-state index in [1.807, 2.05) is 0 Å². The first kappa shape index (κ1) is 16.0. The minimum Gasteiger partial charge on any atom is -0.302 e. The molecule has 2 aromatic rings. The van der Waals surface area contributed by atoms with Gasteiger partial charge in [-0.3, -0.25) is 14.3 Å². The Balaban J connectivity index is 2.18. The number of anilines is 1. The second kappa shape index (κ2) is 6.60. The lowest BCUT2D eigenvalue weighted by Gasteiger charge is -2.05. The zero-order chi connectivity index (χ0) is 15.6. The van der Waals surface area contributed by atoms with Gasteiger partial charge >= 0.3 is 0 Å². The number of amides is 1. The van der Waals surface area contributed by atoms with Crippen molar-refractivity contribution < 1.29 is 9.59 Å². The summed E-state index contributed by atoms with van der Waals surface area (Å²) in [6.07, 6.45) is 1.68. The number of ketones is 1. The number of benzene rings is 1. The van der Waals surface area contributed by atoms with Gasteiger partial charge in [-0.2, -0.15) is 5.10 Å². The fraction of sp³-hybridized carbons (Fsp3) is 0.154. The maximum atomic E-state index is 11.4. The number of Topliss-reactive ketones (excluding diaryl/α,β-unsaturated/α-hetero) is 1. The summed E-state index contributed by atoms with van der Waals surface area (Å²) in [6.45, 7) is 1.60. The van der Waals surface area contributed by atoms with Crippen LogP contribution in [0.4, 0.5) is 5.82 Å². The van der Waals surface area contributed by atoms with Crippen LogP contribution < -0.4 is 5.32 Å². The van der Waals surface area contributed by atoms with E-state index in [0.29, 0.717) is 21.1 Å². The maximum Gasteiger partial charge on any atom is 0.292 e. The quantitative estimate of drug-likeness (QED) is 0.812. The van der Waals surface area contributed by atoms with Gasteiger partial charge in [-0.25, -0.2) is 0 Å². The monoisotopic (exact) mass is 389 g/mol. The van der Waals surface area contributed by atoms with E-state index in [-0.39, 0.29) is 5.82 Å². The highest BCUT2D eigenvalue weighted by Gasteiger charge is 2.14. The summed E-state index contributed by atoms with van der Waals surface area (Å²) in [4.78, 5) is 22.3. The first-order valence-electron chi connectivity index (χ1n) is 5.85. The molecule has 1 aromatic heterocycles. The molecule has 0 atom stereocenters. The maximum absolute atomic E-state index is 11.4. The summed E-state index contributed by atoms with van der Waals surface area (Å²) in [5.74, 6) is -1.03. The molecule has 8 heteroatoms. The lowest BCUT2D eigenvalue weighted by molar-refractivity contribution is -0.133. The Kier molecular flexibility index (Phi) is 5.03. The topological polar surface area (TPSA) is 64.0 Å². The molecule has 1 aromatic carbocycles. The Morgan fingerprint density at radius 1 is 1.38 bits per heavy atom. The van der Waals surface area contributed by atoms with E-state index in [2.05, 4.69) is 26.3 Å². The van der Waals surface area contributed by atoms with Crippen molar-refractivity contribution in [3.8, 4) is 0 Å². The average molecular weight is 391 g/mol. The number of carbonyl (C=O) groups excluding carboxylic acids is 2. The fourth-order valence-corrected chi connectivity index (χ4v) is 2.47. The Morgan fingerprint density at radius 3 is 2.71 bits per heavy atom. The van der Waals surface area contributed by atoms with E-state index in [9.17, 15) is 9.59 Å². The molecule has 110 valence electrons. The Labute approximate surface area is 139 Å². The van der Waals surface area contributed by atoms with E-state index >= 15 is 0 Å². The summed E-state index contributed by atoms with van der Waals surface area (Å²) in [6, 6.07) is 5.18. The highest BCUT2D eigenvalue weighted by Crippen LogP contribution is 2.24. The van der Waals surface area contributed by atoms with Gasteiger partial charge in [-0.05, 0) is 33.6 Å². The smallest absolute Gasteiger partial charge is 0.292 e. The molecule has 0 radical (unpaired) electrons. The standard InChI is InChI=1S/C13H10BrCl2N3O2/c1-7(20)13(21)17-12-10(14)6-19(18-12)5-8-2-3-9(15)4-11(8)16/h2-4,6H,5H2,1H3,(H,17,18,21). The normalized spacial score (nSPS) is 10.5. The second-order valence-corrected chi connectivity index (χ2v) is 5.97. The van der Waals surface area contributed by atoms with Crippen LogP contribution in [0.15, 0.2) is 28.9 Å². The Bertz CT molecular complexity index is 715. The third kappa shape index (κ3) is 4.06. The number of nitrogens with one attached hydrogen (secondary N) is 1. The van der Waals surface area contributed by atoms with Crippen molar-refractivity contribution in [3.63, 3.8) is 0 Å². The molecule has 0 aliphatic carbocycles. The highest BCUT2D eigenvalue weighted by molar-refractivity contribution is 9.10. The molecule has 0 fully saturated rings. The summed E-state index contributed by atoms with van der Waals surface area (Å²) in [5, 5.41) is 7.69. The molecule has 2 rings (SSSR count). The van der Waals surface area contributed by atoms with Gasteiger partial charge in [0.2, 0.25) is 5.78 Å². The van der Waals surface area contributed by atoms with Crippen LogP contribution in [0.2, 0.25) is 10.0 Å². The van der Waals surface area contributed by atoms with Crippen LogP contribution in [-0.2, 0) is 16.1 Å². The van der Waals surface area contributed by atoms with Gasteiger partial charge in [0.25, 0.3) is 5.91 Å². The lowest BCUT2D eigenvalue weighted by atomic mass is 10.2. The van der Waals surface area contributed by atoms with Crippen LogP contribution in [0, 0.1) is 0 Å². The Hall–Kier alpha value is -1.37. The molecule has 0 aliphatic heterocycles. The number of halogens is 3. The zero-order valence-corrected chi connectivity index (χ0v) is 14.0.